The average molecular weight is 370 g/mol. The monoisotopic (exact) mass is 369 g/mol. The van der Waals surface area contributed by atoms with E-state index in [0.717, 1.165) is 27.5 Å². The molecule has 0 bridgehead atoms. The second-order valence-electron chi connectivity index (χ2n) is 5.97. The van der Waals surface area contributed by atoms with Crippen LogP contribution in [0.15, 0.2) is 42.5 Å². The highest BCUT2D eigenvalue weighted by atomic mass is 35.5. The molecule has 0 saturated carbocycles. The molecule has 0 aromatic heterocycles. The van der Waals surface area contributed by atoms with Crippen molar-refractivity contribution in [3.8, 4) is 5.75 Å². The van der Waals surface area contributed by atoms with Crippen LogP contribution < -0.4 is 10.1 Å². The summed E-state index contributed by atoms with van der Waals surface area (Å²) < 4.78 is 5.68. The minimum absolute atomic E-state index is 0. The molecule has 0 aliphatic rings. The third-order valence-electron chi connectivity index (χ3n) is 3.67. The van der Waals surface area contributed by atoms with E-state index in [1.54, 1.807) is 0 Å². The number of benzene rings is 2. The van der Waals surface area contributed by atoms with Crippen molar-refractivity contribution in [2.75, 3.05) is 13.2 Å². The minimum Gasteiger partial charge on any atom is -0.491 e. The van der Waals surface area contributed by atoms with Gasteiger partial charge in [0.25, 0.3) is 0 Å². The first-order chi connectivity index (χ1) is 10.9. The Morgan fingerprint density at radius 3 is 2.25 bits per heavy atom. The first-order valence-corrected chi connectivity index (χ1v) is 8.20. The zero-order chi connectivity index (χ0) is 16.8. The predicted molar refractivity (Wildman–Crippen MR) is 103 cm³/mol. The summed E-state index contributed by atoms with van der Waals surface area (Å²) in [4.78, 5) is 0. The molecule has 132 valence electrons. The number of halogens is 2. The fourth-order valence-corrected chi connectivity index (χ4v) is 2.58. The van der Waals surface area contributed by atoms with E-state index >= 15 is 0 Å². The van der Waals surface area contributed by atoms with Crippen LogP contribution in [0, 0.1) is 13.8 Å². The van der Waals surface area contributed by atoms with E-state index in [4.69, 9.17) is 16.3 Å². The molecule has 0 aliphatic heterocycles. The summed E-state index contributed by atoms with van der Waals surface area (Å²) >= 11 is 5.89. The molecule has 5 heteroatoms. The van der Waals surface area contributed by atoms with Crippen LogP contribution in [0.1, 0.15) is 29.7 Å². The molecule has 0 amide bonds. The van der Waals surface area contributed by atoms with Crippen LogP contribution in [-0.2, 0) is 0 Å². The van der Waals surface area contributed by atoms with Gasteiger partial charge in [-0.2, -0.15) is 0 Å². The van der Waals surface area contributed by atoms with Crippen LogP contribution >= 0.6 is 24.0 Å². The Morgan fingerprint density at radius 2 is 1.67 bits per heavy atom. The Morgan fingerprint density at radius 1 is 1.08 bits per heavy atom. The third kappa shape index (κ3) is 6.70. The van der Waals surface area contributed by atoms with Gasteiger partial charge in [0.1, 0.15) is 18.5 Å². The second kappa shape index (κ2) is 9.90. The molecule has 3 nitrogen and oxygen atoms in total. The lowest BCUT2D eigenvalue weighted by Crippen LogP contribution is -2.33. The summed E-state index contributed by atoms with van der Waals surface area (Å²) in [7, 11) is 0. The molecule has 2 rings (SSSR count). The fraction of sp³-hybridized carbons (Fsp3) is 0.368. The maximum absolute atomic E-state index is 10.1. The molecule has 2 aromatic rings. The molecule has 2 aromatic carbocycles. The molecule has 24 heavy (non-hydrogen) atoms. The Balaban J connectivity index is 0.00000288. The van der Waals surface area contributed by atoms with Gasteiger partial charge in [-0.1, -0.05) is 29.8 Å². The van der Waals surface area contributed by atoms with Crippen LogP contribution in [0.5, 0.6) is 5.75 Å². The SMILES string of the molecule is Cc1cc(C)cc(OCC(O)CNC(C)c2ccc(Cl)cc2)c1.Cl. The van der Waals surface area contributed by atoms with Crippen LogP contribution in [0.4, 0.5) is 0 Å². The van der Waals surface area contributed by atoms with Crippen molar-refractivity contribution in [2.45, 2.75) is 32.9 Å². The average Bonchev–Trinajstić information content (AvgIpc) is 2.50. The third-order valence-corrected chi connectivity index (χ3v) is 3.92. The van der Waals surface area contributed by atoms with Crippen molar-refractivity contribution in [2.24, 2.45) is 0 Å². The van der Waals surface area contributed by atoms with Crippen LogP contribution in [-0.4, -0.2) is 24.4 Å². The largest absolute Gasteiger partial charge is 0.491 e. The first kappa shape index (κ1) is 20.8. The molecule has 0 fully saturated rings. The number of rotatable bonds is 7. The zero-order valence-corrected chi connectivity index (χ0v) is 15.8. The van der Waals surface area contributed by atoms with Gasteiger partial charge in [-0.15, -0.1) is 12.4 Å². The molecule has 2 N–H and O–H groups in total. The lowest BCUT2D eigenvalue weighted by molar-refractivity contribution is 0.104. The van der Waals surface area contributed by atoms with Gasteiger partial charge in [0.15, 0.2) is 0 Å². The normalized spacial score (nSPS) is 13.0. The maximum atomic E-state index is 10.1. The van der Waals surface area contributed by atoms with Gasteiger partial charge in [-0.25, -0.2) is 0 Å². The molecular formula is C19H25Cl2NO2. The van der Waals surface area contributed by atoms with Crippen LogP contribution in [0.3, 0.4) is 0 Å². The Labute approximate surface area is 155 Å². The quantitative estimate of drug-likeness (QED) is 0.756. The van der Waals surface area contributed by atoms with Gasteiger partial charge < -0.3 is 15.2 Å². The summed E-state index contributed by atoms with van der Waals surface area (Å²) in [5.74, 6) is 0.798. The van der Waals surface area contributed by atoms with Crippen molar-refractivity contribution in [1.29, 1.82) is 0 Å². The van der Waals surface area contributed by atoms with Crippen molar-refractivity contribution in [3.63, 3.8) is 0 Å². The van der Waals surface area contributed by atoms with Crippen molar-refractivity contribution < 1.29 is 9.84 Å². The molecular weight excluding hydrogens is 345 g/mol. The Hall–Kier alpha value is -1.26. The number of nitrogens with one attached hydrogen (secondary N) is 1. The van der Waals surface area contributed by atoms with Crippen LogP contribution in [0.2, 0.25) is 5.02 Å². The summed E-state index contributed by atoms with van der Waals surface area (Å²) in [5, 5.41) is 14.1. The van der Waals surface area contributed by atoms with E-state index < -0.39 is 6.10 Å². The Kier molecular flexibility index (Phi) is 8.57. The van der Waals surface area contributed by atoms with E-state index in [-0.39, 0.29) is 25.1 Å². The Bertz CT molecular complexity index is 612. The fourth-order valence-electron chi connectivity index (χ4n) is 2.45. The predicted octanol–water partition coefficient (Wildman–Crippen LogP) is 4.47. The second-order valence-corrected chi connectivity index (χ2v) is 6.41. The molecule has 0 radical (unpaired) electrons. The molecule has 2 unspecified atom stereocenters. The topological polar surface area (TPSA) is 41.5 Å². The number of aliphatic hydroxyl groups is 1. The van der Waals surface area contributed by atoms with Gasteiger partial charge in [-0.3, -0.25) is 0 Å². The smallest absolute Gasteiger partial charge is 0.119 e. The summed E-state index contributed by atoms with van der Waals surface area (Å²) in [5.41, 5.74) is 3.45. The summed E-state index contributed by atoms with van der Waals surface area (Å²) in [6, 6.07) is 13.9. The van der Waals surface area contributed by atoms with E-state index in [1.165, 1.54) is 0 Å². The van der Waals surface area contributed by atoms with Gasteiger partial charge in [0, 0.05) is 17.6 Å². The number of aryl methyl sites for hydroxylation is 2. The molecule has 0 spiro atoms. The van der Waals surface area contributed by atoms with Crippen molar-refractivity contribution >= 4 is 24.0 Å². The summed E-state index contributed by atoms with van der Waals surface area (Å²) in [6.07, 6.45) is -0.564. The van der Waals surface area contributed by atoms with Crippen molar-refractivity contribution in [1.82, 2.24) is 5.32 Å². The lowest BCUT2D eigenvalue weighted by Gasteiger charge is -2.18. The highest BCUT2D eigenvalue weighted by molar-refractivity contribution is 6.30. The van der Waals surface area contributed by atoms with E-state index in [2.05, 4.69) is 18.3 Å². The van der Waals surface area contributed by atoms with Gasteiger partial charge in [0.2, 0.25) is 0 Å². The summed E-state index contributed by atoms with van der Waals surface area (Å²) in [6.45, 7) is 6.86. The highest BCUT2D eigenvalue weighted by Gasteiger charge is 2.10. The number of ether oxygens (including phenoxy) is 1. The molecule has 0 saturated heterocycles. The maximum Gasteiger partial charge on any atom is 0.119 e. The number of aliphatic hydroxyl groups excluding tert-OH is 1. The molecule has 2 atom stereocenters. The van der Waals surface area contributed by atoms with Crippen LogP contribution in [0.25, 0.3) is 0 Å². The number of hydrogen-bond donors (Lipinski definition) is 2. The zero-order valence-electron chi connectivity index (χ0n) is 14.3. The van der Waals surface area contributed by atoms with E-state index in [9.17, 15) is 5.11 Å². The highest BCUT2D eigenvalue weighted by Crippen LogP contribution is 2.17. The van der Waals surface area contributed by atoms with Gasteiger partial charge in [-0.05, 0) is 61.7 Å². The van der Waals surface area contributed by atoms with Crippen molar-refractivity contribution in [3.05, 3.63) is 64.2 Å². The first-order valence-electron chi connectivity index (χ1n) is 7.82. The lowest BCUT2D eigenvalue weighted by atomic mass is 10.1. The standard InChI is InChI=1S/C19H24ClNO2.ClH/c1-13-8-14(2)10-19(9-13)23-12-18(22)11-21-15(3)16-4-6-17(20)7-5-16;/h4-10,15,18,21-22H,11-12H2,1-3H3;1H. The molecule has 0 aliphatic carbocycles. The van der Waals surface area contributed by atoms with Gasteiger partial charge >= 0.3 is 0 Å². The number of hydrogen-bond acceptors (Lipinski definition) is 3. The molecule has 0 heterocycles. The van der Waals surface area contributed by atoms with E-state index in [1.807, 2.05) is 50.2 Å². The minimum atomic E-state index is -0.564. The van der Waals surface area contributed by atoms with E-state index in [0.29, 0.717) is 6.54 Å². The van der Waals surface area contributed by atoms with Gasteiger partial charge in [0.05, 0.1) is 0 Å².